The Bertz CT molecular complexity index is 179. The van der Waals surface area contributed by atoms with Crippen molar-refractivity contribution in [3.63, 3.8) is 0 Å². The van der Waals surface area contributed by atoms with Crippen LogP contribution in [-0.4, -0.2) is 24.5 Å². The average Bonchev–Trinajstić information content (AvgIpc) is 1.82. The van der Waals surface area contributed by atoms with Crippen molar-refractivity contribution in [2.45, 2.75) is 27.2 Å². The Labute approximate surface area is 84.0 Å². The van der Waals surface area contributed by atoms with Crippen LogP contribution in [0, 0.1) is 5.41 Å². The van der Waals surface area contributed by atoms with Gasteiger partial charge in [0.15, 0.2) is 0 Å². The van der Waals surface area contributed by atoms with E-state index in [1.165, 1.54) is 24.0 Å². The molecular weight excluding hydrogens is 214 g/mol. The molecule has 0 spiro atoms. The zero-order chi connectivity index (χ0) is 9.19. The Morgan fingerprint density at radius 1 is 1.50 bits per heavy atom. The minimum atomic E-state index is 0.421. The van der Waals surface area contributed by atoms with Gasteiger partial charge in [0.25, 0.3) is 0 Å². The highest BCUT2D eigenvalue weighted by molar-refractivity contribution is 9.11. The lowest BCUT2D eigenvalue weighted by Crippen LogP contribution is -2.35. The fourth-order valence-corrected chi connectivity index (χ4v) is 2.15. The molecule has 0 unspecified atom stereocenters. The van der Waals surface area contributed by atoms with Gasteiger partial charge in [0, 0.05) is 24.1 Å². The van der Waals surface area contributed by atoms with E-state index in [2.05, 4.69) is 47.7 Å². The fourth-order valence-electron chi connectivity index (χ4n) is 1.57. The predicted molar refractivity (Wildman–Crippen MR) is 57.5 cm³/mol. The van der Waals surface area contributed by atoms with Gasteiger partial charge in [-0.3, -0.25) is 4.90 Å². The Kier molecular flexibility index (Phi) is 3.36. The normalized spacial score (nSPS) is 20.8. The molecule has 12 heavy (non-hydrogen) atoms. The second-order valence-electron chi connectivity index (χ2n) is 4.71. The highest BCUT2D eigenvalue weighted by Gasteiger charge is 2.18. The van der Waals surface area contributed by atoms with Crippen LogP contribution in [0.15, 0.2) is 10.6 Å². The Morgan fingerprint density at radius 3 is 2.67 bits per heavy atom. The van der Waals surface area contributed by atoms with Crippen molar-refractivity contribution in [1.29, 1.82) is 0 Å². The summed E-state index contributed by atoms with van der Waals surface area (Å²) in [6.07, 6.45) is 3.47. The molecule has 1 aliphatic rings. The van der Waals surface area contributed by atoms with Gasteiger partial charge in [-0.15, -0.1) is 0 Å². The van der Waals surface area contributed by atoms with Gasteiger partial charge in [-0.25, -0.2) is 0 Å². The second-order valence-corrected chi connectivity index (χ2v) is 5.73. The van der Waals surface area contributed by atoms with Crippen molar-refractivity contribution in [3.8, 4) is 0 Å². The van der Waals surface area contributed by atoms with E-state index in [4.69, 9.17) is 0 Å². The predicted octanol–water partition coefficient (Wildman–Crippen LogP) is 3.02. The minimum absolute atomic E-state index is 0.421. The lowest BCUT2D eigenvalue weighted by Gasteiger charge is -2.31. The first-order valence-electron chi connectivity index (χ1n) is 4.54. The van der Waals surface area contributed by atoms with Crippen molar-refractivity contribution < 1.29 is 0 Å². The maximum Gasteiger partial charge on any atom is 0.0297 e. The van der Waals surface area contributed by atoms with Crippen LogP contribution in [0.5, 0.6) is 0 Å². The molecule has 1 heterocycles. The summed E-state index contributed by atoms with van der Waals surface area (Å²) in [4.78, 5) is 2.50. The molecular formula is C10H18BrN. The van der Waals surface area contributed by atoms with Crippen molar-refractivity contribution in [2.75, 3.05) is 19.6 Å². The smallest absolute Gasteiger partial charge is 0.0297 e. The van der Waals surface area contributed by atoms with Crippen LogP contribution >= 0.6 is 15.9 Å². The van der Waals surface area contributed by atoms with Crippen molar-refractivity contribution in [1.82, 2.24) is 4.90 Å². The zero-order valence-corrected chi connectivity index (χ0v) is 9.82. The van der Waals surface area contributed by atoms with Gasteiger partial charge < -0.3 is 0 Å². The summed E-state index contributed by atoms with van der Waals surface area (Å²) in [5, 5.41) is 0. The van der Waals surface area contributed by atoms with Crippen LogP contribution in [0.3, 0.4) is 0 Å². The maximum atomic E-state index is 3.56. The van der Waals surface area contributed by atoms with Crippen LogP contribution in [0.25, 0.3) is 0 Å². The van der Waals surface area contributed by atoms with E-state index in [1.807, 2.05) is 0 Å². The van der Waals surface area contributed by atoms with E-state index in [0.29, 0.717) is 5.41 Å². The molecule has 0 amide bonds. The molecule has 1 rings (SSSR count). The van der Waals surface area contributed by atoms with E-state index >= 15 is 0 Å². The number of hydrogen-bond acceptors (Lipinski definition) is 1. The van der Waals surface area contributed by atoms with Gasteiger partial charge >= 0.3 is 0 Å². The first kappa shape index (κ1) is 10.3. The number of rotatable bonds is 1. The molecule has 0 aromatic carbocycles. The van der Waals surface area contributed by atoms with Crippen molar-refractivity contribution in [3.05, 3.63) is 10.6 Å². The van der Waals surface area contributed by atoms with Gasteiger partial charge in [0.05, 0.1) is 0 Å². The fraction of sp³-hybridized carbons (Fsp3) is 0.800. The molecule has 1 nitrogen and oxygen atoms in total. The highest BCUT2D eigenvalue weighted by atomic mass is 79.9. The van der Waals surface area contributed by atoms with Gasteiger partial charge in [-0.2, -0.15) is 0 Å². The van der Waals surface area contributed by atoms with Gasteiger partial charge in [-0.05, 0) is 11.8 Å². The Hall–Kier alpha value is 0.180. The lowest BCUT2D eigenvalue weighted by molar-refractivity contribution is 0.204. The molecule has 0 fully saturated rings. The third kappa shape index (κ3) is 3.72. The summed E-state index contributed by atoms with van der Waals surface area (Å²) in [5.74, 6) is 0. The molecule has 1 aliphatic heterocycles. The van der Waals surface area contributed by atoms with E-state index in [9.17, 15) is 0 Å². The molecule has 70 valence electrons. The largest absolute Gasteiger partial charge is 0.298 e. The van der Waals surface area contributed by atoms with E-state index < -0.39 is 0 Å². The first-order valence-corrected chi connectivity index (χ1v) is 5.33. The van der Waals surface area contributed by atoms with Crippen LogP contribution in [0.1, 0.15) is 27.2 Å². The average molecular weight is 232 g/mol. The SMILES string of the molecule is CC(C)(C)CN1CCC=C(Br)C1. The van der Waals surface area contributed by atoms with Crippen LogP contribution in [-0.2, 0) is 0 Å². The summed E-state index contributed by atoms with van der Waals surface area (Å²) >= 11 is 3.56. The third-order valence-corrected chi connectivity index (χ3v) is 2.46. The quantitative estimate of drug-likeness (QED) is 0.671. The van der Waals surface area contributed by atoms with Gasteiger partial charge in [-0.1, -0.05) is 42.8 Å². The molecule has 0 atom stereocenters. The number of halogens is 1. The summed E-state index contributed by atoms with van der Waals surface area (Å²) in [7, 11) is 0. The van der Waals surface area contributed by atoms with Crippen LogP contribution in [0.4, 0.5) is 0 Å². The highest BCUT2D eigenvalue weighted by Crippen LogP contribution is 2.20. The Balaban J connectivity index is 2.40. The number of nitrogens with zero attached hydrogens (tertiary/aromatic N) is 1. The maximum absolute atomic E-state index is 3.56. The minimum Gasteiger partial charge on any atom is -0.298 e. The molecule has 0 N–H and O–H groups in total. The summed E-state index contributed by atoms with van der Waals surface area (Å²) in [6, 6.07) is 0. The van der Waals surface area contributed by atoms with E-state index in [1.54, 1.807) is 0 Å². The van der Waals surface area contributed by atoms with Crippen LogP contribution < -0.4 is 0 Å². The standard InChI is InChI=1S/C10H18BrN/c1-10(2,3)8-12-6-4-5-9(11)7-12/h5H,4,6-8H2,1-3H3. The van der Waals surface area contributed by atoms with E-state index in [0.717, 1.165) is 6.54 Å². The van der Waals surface area contributed by atoms with E-state index in [-0.39, 0.29) is 0 Å². The monoisotopic (exact) mass is 231 g/mol. The Morgan fingerprint density at radius 2 is 2.17 bits per heavy atom. The second kappa shape index (κ2) is 3.93. The summed E-state index contributed by atoms with van der Waals surface area (Å²) < 4.78 is 1.35. The summed E-state index contributed by atoms with van der Waals surface area (Å²) in [5.41, 5.74) is 0.421. The topological polar surface area (TPSA) is 3.24 Å². The van der Waals surface area contributed by atoms with Crippen molar-refractivity contribution in [2.24, 2.45) is 5.41 Å². The molecule has 0 aromatic heterocycles. The first-order chi connectivity index (χ1) is 5.47. The van der Waals surface area contributed by atoms with Gasteiger partial charge in [0.1, 0.15) is 0 Å². The van der Waals surface area contributed by atoms with Gasteiger partial charge in [0.2, 0.25) is 0 Å². The van der Waals surface area contributed by atoms with Crippen molar-refractivity contribution >= 4 is 15.9 Å². The molecule has 0 bridgehead atoms. The molecule has 0 saturated heterocycles. The molecule has 0 aliphatic carbocycles. The number of hydrogen-bond donors (Lipinski definition) is 0. The van der Waals surface area contributed by atoms with Crippen LogP contribution in [0.2, 0.25) is 0 Å². The molecule has 2 heteroatoms. The lowest BCUT2D eigenvalue weighted by atomic mass is 9.95. The molecule has 0 radical (unpaired) electrons. The third-order valence-electron chi connectivity index (χ3n) is 1.88. The zero-order valence-electron chi connectivity index (χ0n) is 8.23. The molecule has 0 saturated carbocycles. The molecule has 0 aromatic rings. The summed E-state index contributed by atoms with van der Waals surface area (Å²) in [6.45, 7) is 10.4.